The third-order valence-corrected chi connectivity index (χ3v) is 4.41. The van der Waals surface area contributed by atoms with Crippen LogP contribution in [0.1, 0.15) is 12.5 Å². The Morgan fingerprint density at radius 2 is 1.94 bits per heavy atom. The van der Waals surface area contributed by atoms with Crippen LogP contribution in [0, 0.1) is 18.3 Å². The average Bonchev–Trinajstić information content (AvgIpc) is 2.24. The number of sulfonamides is 1. The van der Waals surface area contributed by atoms with Gasteiger partial charge in [0.15, 0.2) is 5.25 Å². The Morgan fingerprint density at radius 1 is 1.35 bits per heavy atom. The number of nitrogens with one attached hydrogen (secondary N) is 1. The number of nitriles is 1. The molecule has 0 aliphatic rings. The molecule has 0 amide bonds. The first-order valence-corrected chi connectivity index (χ1v) is 6.95. The number of halogens is 2. The highest BCUT2D eigenvalue weighted by Crippen LogP contribution is 2.29. The maximum atomic E-state index is 11.6. The summed E-state index contributed by atoms with van der Waals surface area (Å²) < 4.78 is 25.5. The number of aryl methyl sites for hydroxylation is 1. The van der Waals surface area contributed by atoms with E-state index in [4.69, 9.17) is 28.5 Å². The van der Waals surface area contributed by atoms with E-state index in [2.05, 4.69) is 4.72 Å². The Hall–Kier alpha value is -0.960. The molecule has 17 heavy (non-hydrogen) atoms. The summed E-state index contributed by atoms with van der Waals surface area (Å²) in [7, 11) is -3.77. The van der Waals surface area contributed by atoms with Gasteiger partial charge in [0.1, 0.15) is 0 Å². The van der Waals surface area contributed by atoms with E-state index in [9.17, 15) is 8.42 Å². The molecule has 1 rings (SSSR count). The molecule has 0 saturated heterocycles. The largest absolute Gasteiger partial charge is 0.281 e. The molecule has 0 heterocycles. The molecule has 1 N–H and O–H groups in total. The molecule has 1 aromatic rings. The van der Waals surface area contributed by atoms with E-state index in [-0.39, 0.29) is 10.7 Å². The molecule has 0 radical (unpaired) electrons. The van der Waals surface area contributed by atoms with Gasteiger partial charge in [-0.3, -0.25) is 4.72 Å². The molecule has 0 spiro atoms. The Morgan fingerprint density at radius 3 is 2.47 bits per heavy atom. The van der Waals surface area contributed by atoms with Crippen molar-refractivity contribution in [3.8, 4) is 6.07 Å². The predicted molar refractivity (Wildman–Crippen MR) is 68.8 cm³/mol. The second-order valence-corrected chi connectivity index (χ2v) is 6.32. The highest BCUT2D eigenvalue weighted by atomic mass is 35.5. The molecule has 0 aliphatic carbocycles. The van der Waals surface area contributed by atoms with Gasteiger partial charge >= 0.3 is 0 Å². The normalized spacial score (nSPS) is 12.9. The van der Waals surface area contributed by atoms with Gasteiger partial charge in [0.2, 0.25) is 10.0 Å². The number of benzene rings is 1. The van der Waals surface area contributed by atoms with Crippen LogP contribution in [0.4, 0.5) is 5.69 Å². The zero-order valence-electron chi connectivity index (χ0n) is 9.16. The number of hydrogen-bond acceptors (Lipinski definition) is 3. The fourth-order valence-electron chi connectivity index (χ4n) is 1.04. The smallest absolute Gasteiger partial charge is 0.248 e. The van der Waals surface area contributed by atoms with Gasteiger partial charge in [-0.15, -0.1) is 0 Å². The minimum absolute atomic E-state index is 0.171. The van der Waals surface area contributed by atoms with Crippen molar-refractivity contribution >= 4 is 38.9 Å². The number of nitrogens with zero attached hydrogens (tertiary/aromatic N) is 1. The van der Waals surface area contributed by atoms with E-state index >= 15 is 0 Å². The highest BCUT2D eigenvalue weighted by Gasteiger charge is 2.21. The topological polar surface area (TPSA) is 70.0 Å². The molecule has 92 valence electrons. The van der Waals surface area contributed by atoms with Crippen LogP contribution >= 0.6 is 23.2 Å². The first-order chi connectivity index (χ1) is 7.77. The van der Waals surface area contributed by atoms with E-state index in [0.29, 0.717) is 5.02 Å². The molecule has 0 fully saturated rings. The summed E-state index contributed by atoms with van der Waals surface area (Å²) in [5, 5.41) is 8.06. The lowest BCUT2D eigenvalue weighted by Crippen LogP contribution is -2.24. The van der Waals surface area contributed by atoms with Crippen molar-refractivity contribution in [1.29, 1.82) is 5.26 Å². The van der Waals surface area contributed by atoms with Gasteiger partial charge in [0.05, 0.1) is 16.8 Å². The molecule has 1 aromatic carbocycles. The summed E-state index contributed by atoms with van der Waals surface area (Å²) in [5.74, 6) is 0. The van der Waals surface area contributed by atoms with Gasteiger partial charge in [-0.1, -0.05) is 23.2 Å². The fourth-order valence-corrected chi connectivity index (χ4v) is 2.31. The molecule has 0 bridgehead atoms. The monoisotopic (exact) mass is 292 g/mol. The van der Waals surface area contributed by atoms with E-state index in [1.54, 1.807) is 19.1 Å². The average molecular weight is 293 g/mol. The van der Waals surface area contributed by atoms with E-state index in [1.807, 2.05) is 0 Å². The zero-order valence-corrected chi connectivity index (χ0v) is 11.5. The molecule has 1 unspecified atom stereocenters. The summed E-state index contributed by atoms with van der Waals surface area (Å²) in [4.78, 5) is 0. The standard InChI is InChI=1S/C10H10Cl2N2O2S/c1-6-3-9(12)10(4-8(6)11)14-17(15,16)7(2)5-13/h3-4,7,14H,1-2H3. The third-order valence-electron chi connectivity index (χ3n) is 2.15. The van der Waals surface area contributed by atoms with Gasteiger partial charge < -0.3 is 0 Å². The number of rotatable bonds is 3. The van der Waals surface area contributed by atoms with Crippen molar-refractivity contribution in [2.45, 2.75) is 19.1 Å². The lowest BCUT2D eigenvalue weighted by atomic mass is 10.2. The highest BCUT2D eigenvalue weighted by molar-refractivity contribution is 7.93. The van der Waals surface area contributed by atoms with Gasteiger partial charge in [0, 0.05) is 5.02 Å². The van der Waals surface area contributed by atoms with Crippen molar-refractivity contribution in [2.75, 3.05) is 4.72 Å². The second-order valence-electron chi connectivity index (χ2n) is 3.50. The molecule has 4 nitrogen and oxygen atoms in total. The first-order valence-electron chi connectivity index (χ1n) is 4.65. The van der Waals surface area contributed by atoms with Crippen LogP contribution in [0.3, 0.4) is 0 Å². The first kappa shape index (κ1) is 14.1. The number of hydrogen-bond donors (Lipinski definition) is 1. The maximum absolute atomic E-state index is 11.6. The second kappa shape index (κ2) is 5.13. The Kier molecular flexibility index (Phi) is 4.26. The molecule has 0 aromatic heterocycles. The summed E-state index contributed by atoms with van der Waals surface area (Å²) >= 11 is 11.8. The molecular formula is C10H10Cl2N2O2S. The Labute approximate surface area is 110 Å². The lowest BCUT2D eigenvalue weighted by molar-refractivity contribution is 0.597. The summed E-state index contributed by atoms with van der Waals surface area (Å²) in [6.45, 7) is 3.04. The van der Waals surface area contributed by atoms with Crippen LogP contribution in [0.25, 0.3) is 0 Å². The van der Waals surface area contributed by atoms with Crippen LogP contribution in [-0.2, 0) is 10.0 Å². The van der Waals surface area contributed by atoms with Crippen molar-refractivity contribution in [2.24, 2.45) is 0 Å². The molecule has 0 saturated carbocycles. The zero-order chi connectivity index (χ0) is 13.2. The quantitative estimate of drug-likeness (QED) is 0.931. The fraction of sp³-hybridized carbons (Fsp3) is 0.300. The van der Waals surface area contributed by atoms with Gasteiger partial charge in [-0.05, 0) is 31.5 Å². The van der Waals surface area contributed by atoms with Crippen molar-refractivity contribution in [3.63, 3.8) is 0 Å². The summed E-state index contributed by atoms with van der Waals surface area (Å²) in [5.41, 5.74) is 0.914. The molecule has 7 heteroatoms. The molecule has 0 aliphatic heterocycles. The van der Waals surface area contributed by atoms with Gasteiger partial charge in [-0.2, -0.15) is 5.26 Å². The predicted octanol–water partition coefficient (Wildman–Crippen LogP) is 2.96. The number of anilines is 1. The van der Waals surface area contributed by atoms with E-state index in [1.165, 1.54) is 13.0 Å². The SMILES string of the molecule is Cc1cc(Cl)c(NS(=O)(=O)C(C)C#N)cc1Cl. The van der Waals surface area contributed by atoms with Crippen molar-refractivity contribution in [3.05, 3.63) is 27.7 Å². The summed E-state index contributed by atoms with van der Waals surface area (Å²) in [6, 6.07) is 4.62. The van der Waals surface area contributed by atoms with Gasteiger partial charge in [0.25, 0.3) is 0 Å². The third kappa shape index (κ3) is 3.25. The van der Waals surface area contributed by atoms with E-state index < -0.39 is 15.3 Å². The Balaban J connectivity index is 3.14. The van der Waals surface area contributed by atoms with Crippen molar-refractivity contribution in [1.82, 2.24) is 0 Å². The minimum Gasteiger partial charge on any atom is -0.281 e. The van der Waals surface area contributed by atoms with Crippen LogP contribution in [0.2, 0.25) is 10.0 Å². The molecule has 1 atom stereocenters. The van der Waals surface area contributed by atoms with Crippen LogP contribution in [0.15, 0.2) is 12.1 Å². The molecular weight excluding hydrogens is 283 g/mol. The Bertz CT molecular complexity index is 579. The van der Waals surface area contributed by atoms with E-state index in [0.717, 1.165) is 5.56 Å². The van der Waals surface area contributed by atoms with Crippen molar-refractivity contribution < 1.29 is 8.42 Å². The summed E-state index contributed by atoms with van der Waals surface area (Å²) in [6.07, 6.45) is 0. The maximum Gasteiger partial charge on any atom is 0.248 e. The van der Waals surface area contributed by atoms with Crippen LogP contribution in [-0.4, -0.2) is 13.7 Å². The lowest BCUT2D eigenvalue weighted by Gasteiger charge is -2.12. The van der Waals surface area contributed by atoms with Crippen LogP contribution in [0.5, 0.6) is 0 Å². The van der Waals surface area contributed by atoms with Gasteiger partial charge in [-0.25, -0.2) is 8.42 Å². The minimum atomic E-state index is -3.77. The van der Waals surface area contributed by atoms with Crippen LogP contribution < -0.4 is 4.72 Å².